The van der Waals surface area contributed by atoms with Gasteiger partial charge in [0.25, 0.3) is 5.91 Å². The van der Waals surface area contributed by atoms with Gasteiger partial charge in [0.1, 0.15) is 0 Å². The Kier molecular flexibility index (Phi) is 4.57. The number of hydrogen-bond acceptors (Lipinski definition) is 3. The summed E-state index contributed by atoms with van der Waals surface area (Å²) in [5.74, 6) is -0.692. The minimum atomic E-state index is -1.85. The lowest BCUT2D eigenvalue weighted by Gasteiger charge is -2.23. The number of likely N-dealkylation sites (N-methyl/N-ethyl adjacent to an activating group) is 1. The maximum atomic E-state index is 13.2. The van der Waals surface area contributed by atoms with Gasteiger partial charge in [-0.15, -0.1) is 0 Å². The number of ketones is 1. The van der Waals surface area contributed by atoms with E-state index in [9.17, 15) is 14.7 Å². The minimum absolute atomic E-state index is 0.219. The smallest absolute Gasteiger partial charge is 0.263 e. The number of benzene rings is 2. The largest absolute Gasteiger partial charge is 0.375 e. The number of nitrogens with zero attached hydrogens (tertiary/aromatic N) is 1. The van der Waals surface area contributed by atoms with Crippen LogP contribution in [0.1, 0.15) is 44.6 Å². The molecule has 0 aromatic heterocycles. The van der Waals surface area contributed by atoms with Crippen LogP contribution in [0.2, 0.25) is 0 Å². The minimum Gasteiger partial charge on any atom is -0.375 e. The van der Waals surface area contributed by atoms with Crippen LogP contribution in [0.15, 0.2) is 28.7 Å². The summed E-state index contributed by atoms with van der Waals surface area (Å²) in [5.41, 5.74) is 3.71. The monoisotopic (exact) mass is 415 g/mol. The van der Waals surface area contributed by atoms with Crippen molar-refractivity contribution in [1.29, 1.82) is 0 Å². The second-order valence-corrected chi connectivity index (χ2v) is 8.04. The van der Waals surface area contributed by atoms with E-state index in [1.165, 1.54) is 4.90 Å². The van der Waals surface area contributed by atoms with Crippen molar-refractivity contribution in [3.05, 3.63) is 62.1 Å². The van der Waals surface area contributed by atoms with Gasteiger partial charge in [-0.2, -0.15) is 0 Å². The molecule has 0 radical (unpaired) electrons. The summed E-state index contributed by atoms with van der Waals surface area (Å²) in [6.07, 6.45) is -0.274. The van der Waals surface area contributed by atoms with Crippen molar-refractivity contribution in [3.8, 4) is 0 Å². The Morgan fingerprint density at radius 2 is 1.69 bits per heavy atom. The van der Waals surface area contributed by atoms with E-state index in [0.29, 0.717) is 16.8 Å². The van der Waals surface area contributed by atoms with Crippen LogP contribution in [0.3, 0.4) is 0 Å². The lowest BCUT2D eigenvalue weighted by Crippen LogP contribution is -2.40. The highest BCUT2D eigenvalue weighted by molar-refractivity contribution is 9.10. The van der Waals surface area contributed by atoms with Gasteiger partial charge in [0.05, 0.1) is 12.1 Å². The molecule has 0 bridgehead atoms. The van der Waals surface area contributed by atoms with E-state index < -0.39 is 11.5 Å². The quantitative estimate of drug-likeness (QED) is 0.766. The first kappa shape index (κ1) is 18.8. The number of Topliss-reactive ketones (excluding diaryl/α,β-unsaturated/α-hetero) is 1. The summed E-state index contributed by atoms with van der Waals surface area (Å²) in [7, 11) is 1.62. The first-order valence-electron chi connectivity index (χ1n) is 8.49. The maximum absolute atomic E-state index is 13.2. The fraction of sp³-hybridized carbons (Fsp3) is 0.333. The lowest BCUT2D eigenvalue weighted by atomic mass is 9.84. The molecule has 1 N–H and O–H groups in total. The first-order chi connectivity index (χ1) is 12.1. The van der Waals surface area contributed by atoms with Gasteiger partial charge in [0.2, 0.25) is 0 Å². The third-order valence-electron chi connectivity index (χ3n) is 5.49. The molecular formula is C21H22BrNO3. The van der Waals surface area contributed by atoms with Crippen LogP contribution in [0.25, 0.3) is 0 Å². The molecule has 5 heteroatoms. The van der Waals surface area contributed by atoms with Crippen LogP contribution < -0.4 is 4.90 Å². The number of aliphatic hydroxyl groups is 1. The normalized spacial score (nSPS) is 19.0. The first-order valence-corrected chi connectivity index (χ1v) is 9.28. The number of amides is 1. The standard InChI is InChI=1S/C21H22BrNO3/c1-11-8-12(2)14(4)19(13(11)3)18(24)10-21(26)16-9-15(22)6-7-17(16)23(5)20(21)25/h6-9,26H,10H2,1-5H3/t21-/m1/s1. The third-order valence-corrected chi connectivity index (χ3v) is 5.98. The zero-order valence-electron chi connectivity index (χ0n) is 15.6. The van der Waals surface area contributed by atoms with E-state index in [2.05, 4.69) is 22.0 Å². The van der Waals surface area contributed by atoms with Crippen LogP contribution in [-0.4, -0.2) is 23.8 Å². The van der Waals surface area contributed by atoms with Crippen molar-refractivity contribution in [2.45, 2.75) is 39.7 Å². The molecule has 1 atom stereocenters. The fourth-order valence-electron chi connectivity index (χ4n) is 3.76. The highest BCUT2D eigenvalue weighted by Gasteiger charge is 2.50. The molecule has 0 spiro atoms. The Bertz CT molecular complexity index is 925. The number of carbonyl (C=O) groups excluding carboxylic acids is 2. The molecule has 2 aromatic carbocycles. The molecule has 2 aromatic rings. The highest BCUT2D eigenvalue weighted by Crippen LogP contribution is 2.43. The molecule has 1 aliphatic rings. The van der Waals surface area contributed by atoms with Gasteiger partial charge in [-0.1, -0.05) is 22.0 Å². The number of aryl methyl sites for hydroxylation is 2. The topological polar surface area (TPSA) is 57.6 Å². The number of hydrogen-bond donors (Lipinski definition) is 1. The molecule has 0 aliphatic carbocycles. The van der Waals surface area contributed by atoms with Crippen molar-refractivity contribution < 1.29 is 14.7 Å². The Hall–Kier alpha value is -1.98. The van der Waals surface area contributed by atoms with Crippen LogP contribution in [0.4, 0.5) is 5.69 Å². The molecule has 1 amide bonds. The van der Waals surface area contributed by atoms with Gasteiger partial charge < -0.3 is 10.0 Å². The van der Waals surface area contributed by atoms with E-state index in [1.807, 2.05) is 33.8 Å². The number of fused-ring (bicyclic) bond motifs is 1. The van der Waals surface area contributed by atoms with Crippen LogP contribution in [-0.2, 0) is 10.4 Å². The molecule has 0 unspecified atom stereocenters. The molecule has 1 aliphatic heterocycles. The predicted octanol–water partition coefficient (Wildman–Crippen LogP) is 4.12. The van der Waals surface area contributed by atoms with Crippen molar-refractivity contribution in [2.75, 3.05) is 11.9 Å². The Morgan fingerprint density at radius 1 is 1.12 bits per heavy atom. The molecule has 0 saturated heterocycles. The SMILES string of the molecule is Cc1cc(C)c(C)c(C(=O)C[C@]2(O)C(=O)N(C)c3ccc(Br)cc32)c1C. The average molecular weight is 416 g/mol. The van der Waals surface area contributed by atoms with Crippen LogP contribution in [0, 0.1) is 27.7 Å². The summed E-state index contributed by atoms with van der Waals surface area (Å²) in [6, 6.07) is 7.35. The maximum Gasteiger partial charge on any atom is 0.263 e. The second kappa shape index (κ2) is 6.32. The molecule has 4 nitrogen and oxygen atoms in total. The Balaban J connectivity index is 2.09. The molecule has 136 valence electrons. The van der Waals surface area contributed by atoms with Crippen molar-refractivity contribution in [2.24, 2.45) is 0 Å². The highest BCUT2D eigenvalue weighted by atomic mass is 79.9. The third kappa shape index (κ3) is 2.70. The summed E-state index contributed by atoms with van der Waals surface area (Å²) in [5, 5.41) is 11.2. The summed E-state index contributed by atoms with van der Waals surface area (Å²) < 4.78 is 0.754. The Labute approximate surface area is 162 Å². The van der Waals surface area contributed by atoms with E-state index in [1.54, 1.807) is 19.2 Å². The number of carbonyl (C=O) groups is 2. The van der Waals surface area contributed by atoms with E-state index in [-0.39, 0.29) is 12.2 Å². The molecule has 0 fully saturated rings. The van der Waals surface area contributed by atoms with Crippen molar-refractivity contribution in [1.82, 2.24) is 0 Å². The van der Waals surface area contributed by atoms with Crippen molar-refractivity contribution >= 4 is 33.3 Å². The molecule has 26 heavy (non-hydrogen) atoms. The van der Waals surface area contributed by atoms with Gasteiger partial charge in [-0.3, -0.25) is 9.59 Å². The number of halogens is 1. The zero-order chi connectivity index (χ0) is 19.4. The summed E-state index contributed by atoms with van der Waals surface area (Å²) in [4.78, 5) is 27.3. The second-order valence-electron chi connectivity index (χ2n) is 7.12. The van der Waals surface area contributed by atoms with Crippen LogP contribution in [0.5, 0.6) is 0 Å². The van der Waals surface area contributed by atoms with Gasteiger partial charge in [-0.25, -0.2) is 0 Å². The van der Waals surface area contributed by atoms with Crippen LogP contribution >= 0.6 is 15.9 Å². The molecule has 3 rings (SSSR count). The molecule has 1 heterocycles. The summed E-state index contributed by atoms with van der Waals surface area (Å²) >= 11 is 3.38. The van der Waals surface area contributed by atoms with Gasteiger partial charge in [-0.05, 0) is 68.1 Å². The Morgan fingerprint density at radius 3 is 2.27 bits per heavy atom. The van der Waals surface area contributed by atoms with Gasteiger partial charge in [0, 0.05) is 22.6 Å². The van der Waals surface area contributed by atoms with E-state index in [4.69, 9.17) is 0 Å². The zero-order valence-corrected chi connectivity index (χ0v) is 17.2. The summed E-state index contributed by atoms with van der Waals surface area (Å²) in [6.45, 7) is 7.75. The lowest BCUT2D eigenvalue weighted by molar-refractivity contribution is -0.135. The van der Waals surface area contributed by atoms with Gasteiger partial charge in [0.15, 0.2) is 11.4 Å². The number of rotatable bonds is 3. The molecule has 0 saturated carbocycles. The fourth-order valence-corrected chi connectivity index (χ4v) is 4.12. The molecular weight excluding hydrogens is 394 g/mol. The van der Waals surface area contributed by atoms with E-state index >= 15 is 0 Å². The predicted molar refractivity (Wildman–Crippen MR) is 106 cm³/mol. The number of anilines is 1. The average Bonchev–Trinajstić information content (AvgIpc) is 2.75. The van der Waals surface area contributed by atoms with E-state index in [0.717, 1.165) is 26.7 Å². The van der Waals surface area contributed by atoms with Crippen molar-refractivity contribution in [3.63, 3.8) is 0 Å². The van der Waals surface area contributed by atoms with Gasteiger partial charge >= 0.3 is 0 Å².